The molecule has 0 fully saturated rings. The Morgan fingerprint density at radius 2 is 2.18 bits per heavy atom. The van der Waals surface area contributed by atoms with Crippen molar-refractivity contribution < 1.29 is 14.6 Å². The molecule has 0 saturated heterocycles. The number of hydrogen-bond donors (Lipinski definition) is 2. The third kappa shape index (κ3) is 5.00. The van der Waals surface area contributed by atoms with Crippen LogP contribution in [0.3, 0.4) is 0 Å². The van der Waals surface area contributed by atoms with Crippen LogP contribution in [-0.2, 0) is 6.42 Å². The highest BCUT2D eigenvalue weighted by molar-refractivity contribution is 6.30. The van der Waals surface area contributed by atoms with E-state index in [-0.39, 0.29) is 11.6 Å². The summed E-state index contributed by atoms with van der Waals surface area (Å²) in [5.74, 6) is -0.417. The van der Waals surface area contributed by atoms with E-state index in [1.807, 2.05) is 11.9 Å². The Labute approximate surface area is 105 Å². The summed E-state index contributed by atoms with van der Waals surface area (Å²) in [6.45, 7) is 0.872. The number of nitrogens with zero attached hydrogens (tertiary/aromatic N) is 1. The Balaban J connectivity index is 2.42. The summed E-state index contributed by atoms with van der Waals surface area (Å²) in [6.07, 6.45) is -0.00827. The van der Waals surface area contributed by atoms with Gasteiger partial charge in [-0.05, 0) is 31.2 Å². The summed E-state index contributed by atoms with van der Waals surface area (Å²) in [5.41, 5.74) is 0.946. The molecule has 0 aromatic heterocycles. The van der Waals surface area contributed by atoms with Gasteiger partial charge >= 0.3 is 0 Å². The molecule has 0 aliphatic rings. The van der Waals surface area contributed by atoms with E-state index in [4.69, 9.17) is 16.7 Å². The number of aliphatic hydroxyl groups excluding tert-OH is 2. The van der Waals surface area contributed by atoms with E-state index in [1.54, 1.807) is 12.1 Å². The first kappa shape index (κ1) is 14.4. The molecule has 5 heteroatoms. The third-order valence-corrected chi connectivity index (χ3v) is 2.79. The van der Waals surface area contributed by atoms with Crippen molar-refractivity contribution in [3.8, 4) is 0 Å². The van der Waals surface area contributed by atoms with Crippen LogP contribution in [0.25, 0.3) is 0 Å². The molecule has 0 heterocycles. The maximum atomic E-state index is 12.9. The van der Waals surface area contributed by atoms with Gasteiger partial charge in [0.25, 0.3) is 0 Å². The van der Waals surface area contributed by atoms with E-state index in [0.717, 1.165) is 5.56 Å². The number of likely N-dealkylation sites (N-methyl/N-ethyl adjacent to an activating group) is 1. The molecule has 2 N–H and O–H groups in total. The standard InChI is InChI=1S/C12H17ClFNO2/c1-15(7-10(17)8-16)5-4-9-2-3-12(14)11(13)6-9/h2-3,6,10,16-17H,4-5,7-8H2,1H3. The molecule has 0 spiro atoms. The first-order valence-electron chi connectivity index (χ1n) is 5.44. The predicted molar refractivity (Wildman–Crippen MR) is 65.7 cm³/mol. The number of benzene rings is 1. The molecular weight excluding hydrogens is 245 g/mol. The molecule has 0 amide bonds. The van der Waals surface area contributed by atoms with Crippen molar-refractivity contribution in [3.05, 3.63) is 34.6 Å². The SMILES string of the molecule is CN(CCc1ccc(F)c(Cl)c1)CC(O)CO. The number of aliphatic hydroxyl groups is 2. The molecule has 1 aromatic carbocycles. The Hall–Kier alpha value is -0.680. The van der Waals surface area contributed by atoms with Crippen LogP contribution in [0.5, 0.6) is 0 Å². The second-order valence-corrected chi connectivity index (χ2v) is 4.50. The van der Waals surface area contributed by atoms with Gasteiger partial charge in [0.1, 0.15) is 5.82 Å². The molecule has 17 heavy (non-hydrogen) atoms. The summed E-state index contributed by atoms with van der Waals surface area (Å²) >= 11 is 5.67. The molecule has 0 radical (unpaired) electrons. The van der Waals surface area contributed by atoms with Gasteiger partial charge in [-0.2, -0.15) is 0 Å². The lowest BCUT2D eigenvalue weighted by molar-refractivity contribution is 0.0669. The van der Waals surface area contributed by atoms with Crippen molar-refractivity contribution in [2.75, 3.05) is 26.7 Å². The van der Waals surface area contributed by atoms with Gasteiger partial charge in [0, 0.05) is 13.1 Å². The van der Waals surface area contributed by atoms with Gasteiger partial charge in [-0.1, -0.05) is 17.7 Å². The minimum atomic E-state index is -0.725. The third-order valence-electron chi connectivity index (χ3n) is 2.50. The van der Waals surface area contributed by atoms with Crippen LogP contribution < -0.4 is 0 Å². The highest BCUT2D eigenvalue weighted by Gasteiger charge is 2.07. The highest BCUT2D eigenvalue weighted by Crippen LogP contribution is 2.16. The second-order valence-electron chi connectivity index (χ2n) is 4.10. The first-order valence-corrected chi connectivity index (χ1v) is 5.82. The van der Waals surface area contributed by atoms with Gasteiger partial charge in [-0.15, -0.1) is 0 Å². The lowest BCUT2D eigenvalue weighted by Crippen LogP contribution is -2.32. The van der Waals surface area contributed by atoms with Crippen LogP contribution in [0.15, 0.2) is 18.2 Å². The maximum Gasteiger partial charge on any atom is 0.141 e. The van der Waals surface area contributed by atoms with Crippen LogP contribution in [0.1, 0.15) is 5.56 Å². The largest absolute Gasteiger partial charge is 0.394 e. The van der Waals surface area contributed by atoms with Crippen LogP contribution in [-0.4, -0.2) is 48.0 Å². The summed E-state index contributed by atoms with van der Waals surface area (Å²) in [6, 6.07) is 4.64. The molecule has 1 rings (SSSR count). The monoisotopic (exact) mass is 261 g/mol. The topological polar surface area (TPSA) is 43.7 Å². The van der Waals surface area contributed by atoms with Crippen molar-refractivity contribution in [1.29, 1.82) is 0 Å². The fourth-order valence-corrected chi connectivity index (χ4v) is 1.73. The maximum absolute atomic E-state index is 12.9. The zero-order chi connectivity index (χ0) is 12.8. The van der Waals surface area contributed by atoms with Gasteiger partial charge in [-0.25, -0.2) is 4.39 Å². The summed E-state index contributed by atoms with van der Waals surface area (Å²) < 4.78 is 12.9. The molecule has 1 atom stereocenters. The molecular formula is C12H17ClFNO2. The van der Waals surface area contributed by atoms with Gasteiger partial charge in [0.05, 0.1) is 17.7 Å². The first-order chi connectivity index (χ1) is 8.02. The normalized spacial score (nSPS) is 13.1. The molecule has 0 bridgehead atoms. The van der Waals surface area contributed by atoms with E-state index in [2.05, 4.69) is 0 Å². The van der Waals surface area contributed by atoms with Crippen LogP contribution in [0.4, 0.5) is 4.39 Å². The lowest BCUT2D eigenvalue weighted by Gasteiger charge is -2.19. The quantitative estimate of drug-likeness (QED) is 0.812. The Kier molecular flexibility index (Phi) is 5.85. The van der Waals surface area contributed by atoms with E-state index >= 15 is 0 Å². The summed E-state index contributed by atoms with van der Waals surface area (Å²) in [5, 5.41) is 18.1. The van der Waals surface area contributed by atoms with Gasteiger partial charge < -0.3 is 15.1 Å². The minimum Gasteiger partial charge on any atom is -0.394 e. The second kappa shape index (κ2) is 6.91. The number of hydrogen-bond acceptors (Lipinski definition) is 3. The molecule has 0 saturated carbocycles. The van der Waals surface area contributed by atoms with Crippen molar-refractivity contribution in [1.82, 2.24) is 4.90 Å². The van der Waals surface area contributed by atoms with Crippen LogP contribution >= 0.6 is 11.6 Å². The fourth-order valence-electron chi connectivity index (χ4n) is 1.52. The molecule has 0 aliphatic carbocycles. The smallest absolute Gasteiger partial charge is 0.141 e. The summed E-state index contributed by atoms with van der Waals surface area (Å²) in [7, 11) is 1.85. The van der Waals surface area contributed by atoms with Crippen molar-refractivity contribution in [2.45, 2.75) is 12.5 Å². The predicted octanol–water partition coefficient (Wildman–Crippen LogP) is 1.31. The van der Waals surface area contributed by atoms with Gasteiger partial charge in [0.2, 0.25) is 0 Å². The van der Waals surface area contributed by atoms with Crippen LogP contribution in [0, 0.1) is 5.82 Å². The molecule has 0 aliphatic heterocycles. The zero-order valence-corrected chi connectivity index (χ0v) is 10.5. The van der Waals surface area contributed by atoms with E-state index in [0.29, 0.717) is 19.5 Å². The number of halogens is 2. The van der Waals surface area contributed by atoms with E-state index < -0.39 is 11.9 Å². The van der Waals surface area contributed by atoms with Crippen LogP contribution in [0.2, 0.25) is 5.02 Å². The van der Waals surface area contributed by atoms with Crippen molar-refractivity contribution >= 4 is 11.6 Å². The molecule has 3 nitrogen and oxygen atoms in total. The zero-order valence-electron chi connectivity index (χ0n) is 9.74. The van der Waals surface area contributed by atoms with Crippen molar-refractivity contribution in [3.63, 3.8) is 0 Å². The van der Waals surface area contributed by atoms with E-state index in [9.17, 15) is 9.50 Å². The summed E-state index contributed by atoms with van der Waals surface area (Å²) in [4.78, 5) is 1.90. The lowest BCUT2D eigenvalue weighted by atomic mass is 10.1. The minimum absolute atomic E-state index is 0.126. The Morgan fingerprint density at radius 3 is 2.76 bits per heavy atom. The van der Waals surface area contributed by atoms with Gasteiger partial charge in [-0.3, -0.25) is 0 Å². The Bertz CT molecular complexity index is 362. The molecule has 1 aromatic rings. The molecule has 1 unspecified atom stereocenters. The highest BCUT2D eigenvalue weighted by atomic mass is 35.5. The number of rotatable bonds is 6. The fraction of sp³-hybridized carbons (Fsp3) is 0.500. The van der Waals surface area contributed by atoms with E-state index in [1.165, 1.54) is 6.07 Å². The average molecular weight is 262 g/mol. The average Bonchev–Trinajstić information content (AvgIpc) is 2.30. The van der Waals surface area contributed by atoms with Crippen molar-refractivity contribution in [2.24, 2.45) is 0 Å². The van der Waals surface area contributed by atoms with Gasteiger partial charge in [0.15, 0.2) is 0 Å². The Morgan fingerprint density at radius 1 is 1.47 bits per heavy atom. The molecule has 96 valence electrons.